The van der Waals surface area contributed by atoms with Gasteiger partial charge in [-0.1, -0.05) is 12.5 Å². The normalized spacial score (nSPS) is 21.5. The molecule has 2 aliphatic heterocycles. The van der Waals surface area contributed by atoms with Gasteiger partial charge in [-0.25, -0.2) is 0 Å². The Bertz CT molecular complexity index is 1130. The van der Waals surface area contributed by atoms with Crippen LogP contribution in [0.4, 0.5) is 5.69 Å². The average Bonchev–Trinajstić information content (AvgIpc) is 3.27. The van der Waals surface area contributed by atoms with Crippen molar-refractivity contribution in [2.24, 2.45) is 0 Å². The highest BCUT2D eigenvalue weighted by molar-refractivity contribution is 6.02. The van der Waals surface area contributed by atoms with Gasteiger partial charge in [-0.15, -0.1) is 0 Å². The van der Waals surface area contributed by atoms with Gasteiger partial charge in [0.25, 0.3) is 0 Å². The van der Waals surface area contributed by atoms with E-state index in [9.17, 15) is 4.79 Å². The number of nitrogens with one attached hydrogen (secondary N) is 3. The van der Waals surface area contributed by atoms with E-state index in [2.05, 4.69) is 33.8 Å². The molecule has 1 amide bonds. The zero-order chi connectivity index (χ0) is 20.1. The Balaban J connectivity index is 1.23. The van der Waals surface area contributed by atoms with Gasteiger partial charge in [0.1, 0.15) is 0 Å². The summed E-state index contributed by atoms with van der Waals surface area (Å²) in [5, 5.41) is 7.87. The third-order valence-corrected chi connectivity index (χ3v) is 6.69. The predicted molar refractivity (Wildman–Crippen MR) is 115 cm³/mol. The second-order valence-corrected chi connectivity index (χ2v) is 8.63. The molecule has 1 saturated heterocycles. The highest BCUT2D eigenvalue weighted by atomic mass is 16.7. The Morgan fingerprint density at radius 1 is 1.03 bits per heavy atom. The van der Waals surface area contributed by atoms with Crippen molar-refractivity contribution in [2.45, 2.75) is 43.6 Å². The number of aromatic nitrogens is 1. The number of H-pyrrole nitrogens is 1. The van der Waals surface area contributed by atoms with E-state index in [0.717, 1.165) is 59.5 Å². The number of carbonyl (C=O) groups is 1. The molecule has 3 N–H and O–H groups in total. The Kier molecular flexibility index (Phi) is 4.03. The SMILES string of the molecule is O=C(Nc1ccc2[nH]c(C3CCCCN3)cc2c1)C1(c2ccc3c(c2)OCO3)CC1. The van der Waals surface area contributed by atoms with E-state index in [-0.39, 0.29) is 12.7 Å². The number of ether oxygens (including phenoxy) is 2. The number of aromatic amines is 1. The van der Waals surface area contributed by atoms with E-state index >= 15 is 0 Å². The molecule has 1 aromatic heterocycles. The first-order valence-corrected chi connectivity index (χ1v) is 10.8. The van der Waals surface area contributed by atoms with E-state index in [4.69, 9.17) is 9.47 Å². The molecule has 154 valence electrons. The van der Waals surface area contributed by atoms with Gasteiger partial charge >= 0.3 is 0 Å². The first kappa shape index (κ1) is 17.8. The van der Waals surface area contributed by atoms with Crippen LogP contribution < -0.4 is 20.1 Å². The maximum atomic E-state index is 13.2. The quantitative estimate of drug-likeness (QED) is 0.604. The van der Waals surface area contributed by atoms with Crippen LogP contribution in [0.25, 0.3) is 10.9 Å². The Morgan fingerprint density at radius 2 is 1.93 bits per heavy atom. The molecule has 3 aromatic rings. The lowest BCUT2D eigenvalue weighted by atomic mass is 9.94. The molecule has 6 nitrogen and oxygen atoms in total. The van der Waals surface area contributed by atoms with Crippen molar-refractivity contribution >= 4 is 22.5 Å². The zero-order valence-electron chi connectivity index (χ0n) is 16.8. The number of carbonyl (C=O) groups excluding carboxylic acids is 1. The molecule has 0 spiro atoms. The van der Waals surface area contributed by atoms with Crippen molar-refractivity contribution in [3.8, 4) is 11.5 Å². The smallest absolute Gasteiger partial charge is 0.235 e. The van der Waals surface area contributed by atoms with Crippen molar-refractivity contribution in [2.75, 3.05) is 18.7 Å². The number of piperidine rings is 1. The van der Waals surface area contributed by atoms with E-state index in [1.54, 1.807) is 0 Å². The average molecular weight is 403 g/mol. The summed E-state index contributed by atoms with van der Waals surface area (Å²) >= 11 is 0. The first-order valence-electron chi connectivity index (χ1n) is 10.8. The molecule has 2 fully saturated rings. The number of hydrogen-bond acceptors (Lipinski definition) is 4. The highest BCUT2D eigenvalue weighted by Gasteiger charge is 2.51. The molecule has 6 heteroatoms. The minimum atomic E-state index is -0.467. The van der Waals surface area contributed by atoms with Crippen molar-refractivity contribution in [3.05, 3.63) is 53.7 Å². The molecule has 30 heavy (non-hydrogen) atoms. The zero-order valence-corrected chi connectivity index (χ0v) is 16.8. The summed E-state index contributed by atoms with van der Waals surface area (Å²) in [5.74, 6) is 1.52. The fraction of sp³-hybridized carbons (Fsp3) is 0.375. The molecule has 3 aliphatic rings. The fourth-order valence-electron chi connectivity index (χ4n) is 4.75. The fourth-order valence-corrected chi connectivity index (χ4v) is 4.75. The molecule has 2 aromatic carbocycles. The summed E-state index contributed by atoms with van der Waals surface area (Å²) in [4.78, 5) is 16.7. The molecule has 1 atom stereocenters. The van der Waals surface area contributed by atoms with Crippen LogP contribution in [0.15, 0.2) is 42.5 Å². The largest absolute Gasteiger partial charge is 0.454 e. The van der Waals surface area contributed by atoms with Crippen LogP contribution in [-0.4, -0.2) is 24.2 Å². The molecule has 3 heterocycles. The van der Waals surface area contributed by atoms with Crippen LogP contribution >= 0.6 is 0 Å². The van der Waals surface area contributed by atoms with Crippen molar-refractivity contribution in [1.82, 2.24) is 10.3 Å². The van der Waals surface area contributed by atoms with E-state index in [1.807, 2.05) is 24.3 Å². The number of fused-ring (bicyclic) bond motifs is 2. The lowest BCUT2D eigenvalue weighted by Gasteiger charge is -2.22. The first-order chi connectivity index (χ1) is 14.7. The second-order valence-electron chi connectivity index (χ2n) is 8.63. The second kappa shape index (κ2) is 6.77. The standard InChI is InChI=1S/C24H25N3O3/c28-23(24(8-9-24)16-4-7-21-22(13-16)30-14-29-21)26-17-5-6-18-15(11-17)12-20(27-18)19-3-1-2-10-25-19/h4-7,11-13,19,25,27H,1-3,8-10,14H2,(H,26,28). The van der Waals surface area contributed by atoms with E-state index in [1.165, 1.54) is 18.5 Å². The van der Waals surface area contributed by atoms with Crippen LogP contribution in [-0.2, 0) is 10.2 Å². The summed E-state index contributed by atoms with van der Waals surface area (Å²) in [5.41, 5.74) is 3.70. The van der Waals surface area contributed by atoms with E-state index in [0.29, 0.717) is 6.04 Å². The lowest BCUT2D eigenvalue weighted by Crippen LogP contribution is -2.27. The number of benzene rings is 2. The minimum Gasteiger partial charge on any atom is -0.454 e. The third-order valence-electron chi connectivity index (χ3n) is 6.69. The van der Waals surface area contributed by atoms with E-state index < -0.39 is 5.41 Å². The number of rotatable bonds is 4. The number of amides is 1. The van der Waals surface area contributed by atoms with Crippen molar-refractivity contribution in [1.29, 1.82) is 0 Å². The maximum Gasteiger partial charge on any atom is 0.235 e. The molecule has 1 aliphatic carbocycles. The van der Waals surface area contributed by atoms with Gasteiger partial charge in [-0.3, -0.25) is 4.79 Å². The van der Waals surface area contributed by atoms with Crippen molar-refractivity contribution in [3.63, 3.8) is 0 Å². The van der Waals surface area contributed by atoms with Crippen LogP contribution in [0.1, 0.15) is 49.4 Å². The molecule has 0 bridgehead atoms. The van der Waals surface area contributed by atoms with Crippen LogP contribution in [0.5, 0.6) is 11.5 Å². The maximum absolute atomic E-state index is 13.2. The van der Waals surface area contributed by atoms with Gasteiger partial charge < -0.3 is 25.1 Å². The van der Waals surface area contributed by atoms with Gasteiger partial charge in [-0.05, 0) is 74.2 Å². The Hall–Kier alpha value is -2.99. The number of anilines is 1. The van der Waals surface area contributed by atoms with Gasteiger partial charge in [0, 0.05) is 28.3 Å². The molecular weight excluding hydrogens is 378 g/mol. The van der Waals surface area contributed by atoms with Crippen LogP contribution in [0.3, 0.4) is 0 Å². The summed E-state index contributed by atoms with van der Waals surface area (Å²) in [6, 6.07) is 14.5. The van der Waals surface area contributed by atoms with Crippen LogP contribution in [0, 0.1) is 0 Å². The Labute approximate surface area is 174 Å². The predicted octanol–water partition coefficient (Wildman–Crippen LogP) is 4.38. The Morgan fingerprint density at radius 3 is 2.77 bits per heavy atom. The van der Waals surface area contributed by atoms with Gasteiger partial charge in [-0.2, -0.15) is 0 Å². The topological polar surface area (TPSA) is 75.4 Å². The molecule has 1 saturated carbocycles. The summed E-state index contributed by atoms with van der Waals surface area (Å²) in [6.45, 7) is 1.32. The monoisotopic (exact) mass is 403 g/mol. The van der Waals surface area contributed by atoms with Gasteiger partial charge in [0.2, 0.25) is 12.7 Å². The van der Waals surface area contributed by atoms with Gasteiger partial charge in [0.15, 0.2) is 11.5 Å². The molecule has 0 radical (unpaired) electrons. The summed E-state index contributed by atoms with van der Waals surface area (Å²) in [6.07, 6.45) is 5.37. The third kappa shape index (κ3) is 2.94. The molecular formula is C24H25N3O3. The minimum absolute atomic E-state index is 0.0467. The van der Waals surface area contributed by atoms with Gasteiger partial charge in [0.05, 0.1) is 5.41 Å². The molecule has 6 rings (SSSR count). The van der Waals surface area contributed by atoms with Crippen molar-refractivity contribution < 1.29 is 14.3 Å². The summed E-state index contributed by atoms with van der Waals surface area (Å²) < 4.78 is 10.9. The molecule has 1 unspecified atom stereocenters. The summed E-state index contributed by atoms with van der Waals surface area (Å²) in [7, 11) is 0. The highest BCUT2D eigenvalue weighted by Crippen LogP contribution is 2.51. The number of hydrogen-bond donors (Lipinski definition) is 3. The van der Waals surface area contributed by atoms with Crippen LogP contribution in [0.2, 0.25) is 0 Å². The lowest BCUT2D eigenvalue weighted by molar-refractivity contribution is -0.118.